The first kappa shape index (κ1) is 23.7. The van der Waals surface area contributed by atoms with Gasteiger partial charge in [-0.2, -0.15) is 0 Å². The zero-order valence-electron chi connectivity index (χ0n) is 22.1. The van der Waals surface area contributed by atoms with Crippen LogP contribution in [0, 0.1) is 29.6 Å². The number of benzene rings is 2. The van der Waals surface area contributed by atoms with Crippen molar-refractivity contribution in [2.24, 2.45) is 29.6 Å². The number of fused-ring (bicyclic) bond motifs is 3. The Bertz CT molecular complexity index is 1360. The molecule has 0 N–H and O–H groups in total. The van der Waals surface area contributed by atoms with Gasteiger partial charge in [0.1, 0.15) is 12.2 Å². The van der Waals surface area contributed by atoms with E-state index in [4.69, 9.17) is 9.47 Å². The normalized spacial score (nSPS) is 34.6. The van der Waals surface area contributed by atoms with Crippen LogP contribution in [0.15, 0.2) is 66.3 Å². The fraction of sp³-hybridized carbons (Fsp3) is 0.485. The summed E-state index contributed by atoms with van der Waals surface area (Å²) in [5.41, 5.74) is 0.891. The van der Waals surface area contributed by atoms with Crippen molar-refractivity contribution in [3.63, 3.8) is 0 Å². The lowest BCUT2D eigenvalue weighted by molar-refractivity contribution is -0.207. The zero-order chi connectivity index (χ0) is 25.3. The number of esters is 1. The van der Waals surface area contributed by atoms with E-state index in [1.165, 1.54) is 62.8 Å². The lowest BCUT2D eigenvalue weighted by Gasteiger charge is -2.59. The minimum Gasteiger partial charge on any atom is -0.457 e. The van der Waals surface area contributed by atoms with E-state index < -0.39 is 0 Å². The van der Waals surface area contributed by atoms with Crippen molar-refractivity contribution in [2.45, 2.75) is 64.6 Å². The lowest BCUT2D eigenvalue weighted by Crippen LogP contribution is -2.58. The summed E-state index contributed by atoms with van der Waals surface area (Å²) in [6.07, 6.45) is 10.9. The molecule has 4 bridgehead atoms. The largest absolute Gasteiger partial charge is 0.457 e. The van der Waals surface area contributed by atoms with Crippen molar-refractivity contribution in [1.29, 1.82) is 0 Å². The van der Waals surface area contributed by atoms with Gasteiger partial charge in [-0.1, -0.05) is 31.2 Å². The maximum atomic E-state index is 13.1. The van der Waals surface area contributed by atoms with Gasteiger partial charge in [0.2, 0.25) is 0 Å². The summed E-state index contributed by atoms with van der Waals surface area (Å²) >= 11 is 0. The van der Waals surface area contributed by atoms with E-state index in [0.717, 1.165) is 11.8 Å². The minimum atomic E-state index is -0.297. The number of ether oxygens (including phenoxy) is 2. The maximum Gasteiger partial charge on any atom is 0.332 e. The molecule has 4 saturated carbocycles. The van der Waals surface area contributed by atoms with Crippen LogP contribution in [-0.2, 0) is 14.3 Å². The van der Waals surface area contributed by atoms with Gasteiger partial charge >= 0.3 is 5.97 Å². The summed E-state index contributed by atoms with van der Waals surface area (Å²) in [6.45, 7) is 6.60. The molecule has 5 aliphatic rings. The molecule has 2 atom stereocenters. The van der Waals surface area contributed by atoms with Crippen LogP contribution in [0.1, 0.15) is 52.9 Å². The first-order valence-electron chi connectivity index (χ1n) is 14.1. The van der Waals surface area contributed by atoms with E-state index >= 15 is 0 Å². The Morgan fingerprint density at radius 3 is 2.05 bits per heavy atom. The summed E-state index contributed by atoms with van der Waals surface area (Å²) in [5.74, 6) is 2.80. The molecular formula is C33H37O3S+. The van der Waals surface area contributed by atoms with Crippen LogP contribution in [0.5, 0.6) is 0 Å². The molecule has 0 aliphatic heterocycles. The molecule has 3 nitrogen and oxygen atoms in total. The van der Waals surface area contributed by atoms with Crippen molar-refractivity contribution in [3.05, 3.63) is 66.3 Å². The Morgan fingerprint density at radius 1 is 0.919 bits per heavy atom. The molecule has 4 fully saturated rings. The quantitative estimate of drug-likeness (QED) is 0.254. The number of carbonyl (C=O) groups is 1. The van der Waals surface area contributed by atoms with Gasteiger partial charge in [0, 0.05) is 27.2 Å². The first-order chi connectivity index (χ1) is 17.9. The highest BCUT2D eigenvalue weighted by Crippen LogP contribution is 2.59. The Morgan fingerprint density at radius 2 is 1.49 bits per heavy atom. The molecule has 0 radical (unpaired) electrons. The van der Waals surface area contributed by atoms with E-state index in [1.54, 1.807) is 0 Å². The van der Waals surface area contributed by atoms with E-state index in [1.807, 2.05) is 0 Å². The third kappa shape index (κ3) is 3.82. The molecule has 0 amide bonds. The van der Waals surface area contributed by atoms with Crippen LogP contribution in [0.3, 0.4) is 0 Å². The Balaban J connectivity index is 1.08. The van der Waals surface area contributed by atoms with Crippen LogP contribution in [0.2, 0.25) is 0 Å². The SMILES string of the molecule is CC1=CC([s+]2c3ccccc3c3ccccc32)=CC(C)C1OCC(=O)OC1(C)C2CC3CC(C2)CC1C3. The molecule has 192 valence electrons. The van der Waals surface area contributed by atoms with Gasteiger partial charge in [0.15, 0.2) is 14.3 Å². The number of hydrogen-bond acceptors (Lipinski definition) is 3. The third-order valence-electron chi connectivity index (χ3n) is 9.94. The molecule has 2 aromatic carbocycles. The van der Waals surface area contributed by atoms with Gasteiger partial charge in [-0.3, -0.25) is 0 Å². The van der Waals surface area contributed by atoms with Crippen LogP contribution >= 0.6 is 10.5 Å². The van der Waals surface area contributed by atoms with E-state index in [9.17, 15) is 4.79 Å². The second-order valence-corrected chi connectivity index (χ2v) is 14.3. The predicted molar refractivity (Wildman–Crippen MR) is 152 cm³/mol. The van der Waals surface area contributed by atoms with Crippen LogP contribution in [0.4, 0.5) is 0 Å². The number of rotatable bonds is 5. The molecule has 8 rings (SSSR count). The van der Waals surface area contributed by atoms with Crippen molar-refractivity contribution in [3.8, 4) is 0 Å². The van der Waals surface area contributed by atoms with Crippen LogP contribution < -0.4 is 0 Å². The summed E-state index contributed by atoms with van der Waals surface area (Å²) < 4.78 is 15.3. The van der Waals surface area contributed by atoms with Gasteiger partial charge in [0.25, 0.3) is 0 Å². The summed E-state index contributed by atoms with van der Waals surface area (Å²) in [5, 5.41) is 2.70. The number of allylic oxidation sites excluding steroid dienone is 2. The van der Waals surface area contributed by atoms with Crippen LogP contribution in [0.25, 0.3) is 25.1 Å². The first-order valence-corrected chi connectivity index (χ1v) is 15.3. The number of carbonyl (C=O) groups excluding carboxylic acids is 1. The second-order valence-electron chi connectivity index (χ2n) is 12.3. The molecule has 1 aromatic heterocycles. The van der Waals surface area contributed by atoms with Gasteiger partial charge in [0.05, 0.1) is 6.10 Å². The zero-order valence-corrected chi connectivity index (χ0v) is 22.9. The second kappa shape index (κ2) is 8.81. The molecule has 0 spiro atoms. The van der Waals surface area contributed by atoms with Crippen LogP contribution in [-0.4, -0.2) is 24.3 Å². The third-order valence-corrected chi connectivity index (χ3v) is 12.3. The smallest absolute Gasteiger partial charge is 0.332 e. The van der Waals surface area contributed by atoms with Gasteiger partial charge in [-0.15, -0.1) is 0 Å². The van der Waals surface area contributed by atoms with Gasteiger partial charge < -0.3 is 9.47 Å². The molecule has 0 saturated heterocycles. The number of thiophene rings is 1. The fourth-order valence-electron chi connectivity index (χ4n) is 8.35. The summed E-state index contributed by atoms with van der Waals surface area (Å²) in [4.78, 5) is 14.4. The van der Waals surface area contributed by atoms with Crippen molar-refractivity contribution >= 4 is 41.5 Å². The Kier molecular flexibility index (Phi) is 5.64. The maximum absolute atomic E-state index is 13.1. The molecule has 37 heavy (non-hydrogen) atoms. The highest BCUT2D eigenvalue weighted by Gasteiger charge is 2.57. The molecule has 5 aliphatic carbocycles. The molecule has 4 heteroatoms. The van der Waals surface area contributed by atoms with E-state index in [2.05, 4.69) is 81.5 Å². The Labute approximate surface area is 222 Å². The standard InChI is InChI=1S/C33H37O3S/c1-20-12-26(37-29-10-6-4-8-27(29)28-9-5-7-11-30(28)37)13-21(2)32(20)35-19-31(34)36-33(3)24-15-22-14-23(17-24)18-25(33)16-22/h4-13,20,22-25,32H,14-19H2,1-3H3/q+1. The van der Waals surface area contributed by atoms with Crippen molar-refractivity contribution < 1.29 is 14.3 Å². The average molecular weight is 514 g/mol. The van der Waals surface area contributed by atoms with E-state index in [-0.39, 0.29) is 40.7 Å². The van der Waals surface area contributed by atoms with E-state index in [0.29, 0.717) is 11.8 Å². The summed E-state index contributed by atoms with van der Waals surface area (Å²) in [6, 6.07) is 17.6. The Hall–Kier alpha value is -2.43. The van der Waals surface area contributed by atoms with Crippen molar-refractivity contribution in [1.82, 2.24) is 0 Å². The molecule has 3 aromatic rings. The lowest BCUT2D eigenvalue weighted by atomic mass is 9.50. The monoisotopic (exact) mass is 513 g/mol. The fourth-order valence-corrected chi connectivity index (χ4v) is 11.0. The highest BCUT2D eigenvalue weighted by atomic mass is 32.2. The highest BCUT2D eigenvalue weighted by molar-refractivity contribution is 7.54. The molecular weight excluding hydrogens is 476 g/mol. The topological polar surface area (TPSA) is 35.5 Å². The van der Waals surface area contributed by atoms with Gasteiger partial charge in [-0.25, -0.2) is 4.79 Å². The molecule has 1 heterocycles. The van der Waals surface area contributed by atoms with Crippen molar-refractivity contribution in [2.75, 3.05) is 6.61 Å². The average Bonchev–Trinajstić information content (AvgIpc) is 3.21. The predicted octanol–water partition coefficient (Wildman–Crippen LogP) is 8.32. The number of hydrogen-bond donors (Lipinski definition) is 0. The summed E-state index contributed by atoms with van der Waals surface area (Å²) in [7, 11) is -0.108. The molecule has 2 unspecified atom stereocenters. The van der Waals surface area contributed by atoms with Gasteiger partial charge in [-0.05, 0) is 112 Å². The minimum absolute atomic E-state index is 0.0304.